The maximum atomic E-state index is 12.8. The Kier molecular flexibility index (Phi) is 3.03. The maximum absolute atomic E-state index is 12.8. The van der Waals surface area contributed by atoms with Gasteiger partial charge in [-0.1, -0.05) is 6.07 Å². The third kappa shape index (κ3) is 2.08. The number of aliphatic hydroxyl groups excluding tert-OH is 1. The van der Waals surface area contributed by atoms with Crippen molar-refractivity contribution >= 4 is 15.7 Å². The van der Waals surface area contributed by atoms with Crippen LogP contribution in [-0.2, 0) is 16.4 Å². The highest BCUT2D eigenvalue weighted by atomic mass is 32.2. The Morgan fingerprint density at radius 3 is 2.90 bits per heavy atom. The van der Waals surface area contributed by atoms with Crippen LogP contribution in [0.5, 0.6) is 0 Å². The Balaban J connectivity index is 1.62. The molecule has 0 bridgehead atoms. The summed E-state index contributed by atoms with van der Waals surface area (Å²) in [5, 5.41) is 13.2. The zero-order valence-corrected chi connectivity index (χ0v) is 12.6. The van der Waals surface area contributed by atoms with E-state index in [1.807, 2.05) is 6.07 Å². The van der Waals surface area contributed by atoms with Crippen molar-refractivity contribution in [1.29, 1.82) is 0 Å². The number of aliphatic hydroxyl groups is 1. The fraction of sp³-hybridized carbons (Fsp3) is 0.600. The van der Waals surface area contributed by atoms with E-state index in [0.717, 1.165) is 31.5 Å². The van der Waals surface area contributed by atoms with Crippen LogP contribution in [0.3, 0.4) is 0 Å². The summed E-state index contributed by atoms with van der Waals surface area (Å²) in [5.41, 5.74) is 2.12. The van der Waals surface area contributed by atoms with Crippen LogP contribution in [0.4, 0.5) is 5.69 Å². The number of anilines is 1. The minimum Gasteiger partial charge on any atom is -0.393 e. The molecule has 3 atom stereocenters. The van der Waals surface area contributed by atoms with Gasteiger partial charge in [-0.05, 0) is 42.9 Å². The Morgan fingerprint density at radius 1 is 1.24 bits per heavy atom. The van der Waals surface area contributed by atoms with Crippen molar-refractivity contribution < 1.29 is 13.5 Å². The van der Waals surface area contributed by atoms with Crippen LogP contribution >= 0.6 is 0 Å². The molecule has 4 rings (SSSR count). The Bertz CT molecular complexity index is 673. The lowest BCUT2D eigenvalue weighted by molar-refractivity contribution is 0.129. The molecule has 114 valence electrons. The zero-order chi connectivity index (χ0) is 14.6. The van der Waals surface area contributed by atoms with Crippen molar-refractivity contribution in [3.05, 3.63) is 23.8 Å². The fourth-order valence-electron chi connectivity index (χ4n) is 3.97. The van der Waals surface area contributed by atoms with Gasteiger partial charge in [0, 0.05) is 31.2 Å². The van der Waals surface area contributed by atoms with Gasteiger partial charge in [0.25, 0.3) is 0 Å². The van der Waals surface area contributed by atoms with Crippen molar-refractivity contribution in [3.63, 3.8) is 0 Å². The second kappa shape index (κ2) is 4.69. The Hall–Kier alpha value is -1.11. The molecule has 1 saturated heterocycles. The summed E-state index contributed by atoms with van der Waals surface area (Å²) in [6, 6.07) is 5.38. The normalized spacial score (nSPS) is 32.0. The van der Waals surface area contributed by atoms with E-state index in [0.29, 0.717) is 23.9 Å². The van der Waals surface area contributed by atoms with Crippen molar-refractivity contribution in [2.24, 2.45) is 11.8 Å². The molecule has 2 N–H and O–H groups in total. The molecule has 3 aliphatic rings. The number of rotatable bonds is 2. The van der Waals surface area contributed by atoms with Crippen LogP contribution in [0, 0.1) is 11.8 Å². The minimum absolute atomic E-state index is 0.118. The van der Waals surface area contributed by atoms with Gasteiger partial charge in [0.1, 0.15) is 0 Å². The molecule has 1 saturated carbocycles. The van der Waals surface area contributed by atoms with Gasteiger partial charge in [-0.15, -0.1) is 0 Å². The molecule has 0 aromatic heterocycles. The van der Waals surface area contributed by atoms with Gasteiger partial charge in [-0.2, -0.15) is 4.31 Å². The van der Waals surface area contributed by atoms with Crippen molar-refractivity contribution in [3.8, 4) is 0 Å². The fourth-order valence-corrected chi connectivity index (χ4v) is 5.53. The molecule has 6 heteroatoms. The van der Waals surface area contributed by atoms with Gasteiger partial charge < -0.3 is 10.4 Å². The number of hydrogen-bond acceptors (Lipinski definition) is 4. The van der Waals surface area contributed by atoms with E-state index in [1.165, 1.54) is 5.56 Å². The SMILES string of the molecule is O=S(=O)(c1ccc2c(c1)NCC2)N1CC2CCC(O)C2C1. The molecular formula is C15H20N2O3S. The smallest absolute Gasteiger partial charge is 0.243 e. The maximum Gasteiger partial charge on any atom is 0.243 e. The highest BCUT2D eigenvalue weighted by Crippen LogP contribution is 2.40. The topological polar surface area (TPSA) is 69.6 Å². The zero-order valence-electron chi connectivity index (χ0n) is 11.8. The molecule has 2 aliphatic heterocycles. The van der Waals surface area contributed by atoms with Crippen LogP contribution in [-0.4, -0.2) is 43.6 Å². The first kappa shape index (κ1) is 13.5. The lowest BCUT2D eigenvalue weighted by Gasteiger charge is -2.18. The monoisotopic (exact) mass is 308 g/mol. The van der Waals surface area contributed by atoms with E-state index in [-0.39, 0.29) is 12.0 Å². The molecular weight excluding hydrogens is 288 g/mol. The molecule has 2 fully saturated rings. The first-order chi connectivity index (χ1) is 10.1. The Morgan fingerprint density at radius 2 is 2.10 bits per heavy atom. The van der Waals surface area contributed by atoms with E-state index >= 15 is 0 Å². The van der Waals surface area contributed by atoms with Crippen LogP contribution in [0.15, 0.2) is 23.1 Å². The third-order valence-electron chi connectivity index (χ3n) is 5.21. The quantitative estimate of drug-likeness (QED) is 0.857. The summed E-state index contributed by atoms with van der Waals surface area (Å²) in [6.07, 6.45) is 2.36. The van der Waals surface area contributed by atoms with Crippen LogP contribution in [0.1, 0.15) is 18.4 Å². The van der Waals surface area contributed by atoms with Gasteiger partial charge in [0.05, 0.1) is 11.0 Å². The third-order valence-corrected chi connectivity index (χ3v) is 7.04. The van der Waals surface area contributed by atoms with E-state index in [2.05, 4.69) is 5.32 Å². The summed E-state index contributed by atoms with van der Waals surface area (Å²) in [6.45, 7) is 1.88. The molecule has 1 aromatic carbocycles. The van der Waals surface area contributed by atoms with Crippen LogP contribution < -0.4 is 5.32 Å². The number of hydrogen-bond donors (Lipinski definition) is 2. The van der Waals surface area contributed by atoms with E-state index in [9.17, 15) is 13.5 Å². The van der Waals surface area contributed by atoms with Crippen molar-refractivity contribution in [2.75, 3.05) is 25.0 Å². The average Bonchev–Trinajstić information content (AvgIpc) is 3.15. The molecule has 0 amide bonds. The molecule has 2 heterocycles. The molecule has 1 aromatic rings. The number of nitrogens with zero attached hydrogens (tertiary/aromatic N) is 1. The molecule has 5 nitrogen and oxygen atoms in total. The summed E-state index contributed by atoms with van der Waals surface area (Å²) in [7, 11) is -3.44. The summed E-state index contributed by atoms with van der Waals surface area (Å²) < 4.78 is 27.1. The predicted octanol–water partition coefficient (Wildman–Crippen LogP) is 1.05. The molecule has 3 unspecified atom stereocenters. The lowest BCUT2D eigenvalue weighted by atomic mass is 10.00. The second-order valence-corrected chi connectivity index (χ2v) is 8.32. The molecule has 21 heavy (non-hydrogen) atoms. The minimum atomic E-state index is -3.44. The Labute approximate surface area is 125 Å². The van der Waals surface area contributed by atoms with Gasteiger partial charge >= 0.3 is 0 Å². The second-order valence-electron chi connectivity index (χ2n) is 6.39. The number of benzene rings is 1. The number of sulfonamides is 1. The largest absolute Gasteiger partial charge is 0.393 e. The average molecular weight is 308 g/mol. The number of fused-ring (bicyclic) bond motifs is 2. The lowest BCUT2D eigenvalue weighted by Crippen LogP contribution is -2.31. The van der Waals surface area contributed by atoms with Gasteiger partial charge in [0.2, 0.25) is 10.0 Å². The molecule has 0 spiro atoms. The number of nitrogens with one attached hydrogen (secondary N) is 1. The summed E-state index contributed by atoms with van der Waals surface area (Å²) in [4.78, 5) is 0.366. The van der Waals surface area contributed by atoms with Crippen molar-refractivity contribution in [2.45, 2.75) is 30.3 Å². The van der Waals surface area contributed by atoms with Gasteiger partial charge in [-0.25, -0.2) is 8.42 Å². The van der Waals surface area contributed by atoms with E-state index < -0.39 is 10.0 Å². The first-order valence-corrected chi connectivity index (χ1v) is 9.05. The van der Waals surface area contributed by atoms with Crippen LogP contribution in [0.25, 0.3) is 0 Å². The highest BCUT2D eigenvalue weighted by molar-refractivity contribution is 7.89. The van der Waals surface area contributed by atoms with Gasteiger partial charge in [-0.3, -0.25) is 0 Å². The summed E-state index contributed by atoms with van der Waals surface area (Å²) in [5.74, 6) is 0.439. The van der Waals surface area contributed by atoms with Crippen LogP contribution in [0.2, 0.25) is 0 Å². The highest BCUT2D eigenvalue weighted by Gasteiger charge is 2.45. The first-order valence-electron chi connectivity index (χ1n) is 7.61. The van der Waals surface area contributed by atoms with Gasteiger partial charge in [0.15, 0.2) is 0 Å². The van der Waals surface area contributed by atoms with Crippen molar-refractivity contribution in [1.82, 2.24) is 4.31 Å². The van der Waals surface area contributed by atoms with E-state index in [1.54, 1.807) is 16.4 Å². The standard InChI is InChI=1S/C15H20N2O3S/c18-15-4-2-11-8-17(9-13(11)15)21(19,20)12-3-1-10-5-6-16-14(10)7-12/h1,3,7,11,13,15-16,18H,2,4-6,8-9H2. The predicted molar refractivity (Wildman–Crippen MR) is 79.6 cm³/mol. The summed E-state index contributed by atoms with van der Waals surface area (Å²) >= 11 is 0. The van der Waals surface area contributed by atoms with E-state index in [4.69, 9.17) is 0 Å². The molecule has 1 aliphatic carbocycles. The molecule has 0 radical (unpaired) electrons.